The zero-order valence-electron chi connectivity index (χ0n) is 23.3. The van der Waals surface area contributed by atoms with Crippen LogP contribution in [0.1, 0.15) is 67.4 Å². The summed E-state index contributed by atoms with van der Waals surface area (Å²) in [6.45, 7) is 16.4. The SMILES string of the molecule is CN[C@H](C(=O)C[C@H](C(=O)N(C)[C@H](/C=C(\C)CN=[N+]=[N-])C(C)C)C(C)(C)C)C(C)(C)c1ccccc1. The Morgan fingerprint density at radius 1 is 1.14 bits per heavy atom. The summed E-state index contributed by atoms with van der Waals surface area (Å²) in [5.74, 6) is -0.346. The summed E-state index contributed by atoms with van der Waals surface area (Å²) in [4.78, 5) is 32.1. The van der Waals surface area contributed by atoms with Crippen LogP contribution >= 0.6 is 0 Å². The predicted molar refractivity (Wildman–Crippen MR) is 144 cm³/mol. The van der Waals surface area contributed by atoms with Crippen LogP contribution in [0, 0.1) is 17.3 Å². The Hall–Kier alpha value is -2.63. The van der Waals surface area contributed by atoms with E-state index >= 15 is 0 Å². The van der Waals surface area contributed by atoms with Crippen molar-refractivity contribution in [3.8, 4) is 0 Å². The number of nitrogens with one attached hydrogen (secondary N) is 1. The van der Waals surface area contributed by atoms with Gasteiger partial charge in [0.1, 0.15) is 0 Å². The molecule has 3 atom stereocenters. The first-order valence-electron chi connectivity index (χ1n) is 12.4. The van der Waals surface area contributed by atoms with Gasteiger partial charge in [-0.2, -0.15) is 0 Å². The van der Waals surface area contributed by atoms with Crippen LogP contribution in [0.25, 0.3) is 10.4 Å². The zero-order chi connectivity index (χ0) is 27.0. The monoisotopic (exact) mass is 483 g/mol. The Morgan fingerprint density at radius 3 is 2.17 bits per heavy atom. The van der Waals surface area contributed by atoms with Crippen LogP contribution in [-0.2, 0) is 15.0 Å². The van der Waals surface area contributed by atoms with Crippen LogP contribution in [0.3, 0.4) is 0 Å². The smallest absolute Gasteiger partial charge is 0.226 e. The second kappa shape index (κ2) is 12.9. The molecular formula is C28H45N5O2. The maximum Gasteiger partial charge on any atom is 0.226 e. The van der Waals surface area contributed by atoms with Crippen LogP contribution in [0.4, 0.5) is 0 Å². The van der Waals surface area contributed by atoms with Gasteiger partial charge < -0.3 is 10.2 Å². The maximum atomic E-state index is 13.8. The predicted octanol–water partition coefficient (Wildman–Crippen LogP) is 5.91. The van der Waals surface area contributed by atoms with Crippen molar-refractivity contribution in [2.24, 2.45) is 22.4 Å². The van der Waals surface area contributed by atoms with E-state index in [0.717, 1.165) is 11.1 Å². The van der Waals surface area contributed by atoms with Gasteiger partial charge in [-0.05, 0) is 36.4 Å². The second-order valence-corrected chi connectivity index (χ2v) is 11.5. The van der Waals surface area contributed by atoms with Crippen molar-refractivity contribution in [1.29, 1.82) is 0 Å². The van der Waals surface area contributed by atoms with Crippen molar-refractivity contribution in [3.63, 3.8) is 0 Å². The summed E-state index contributed by atoms with van der Waals surface area (Å²) in [6.07, 6.45) is 2.15. The highest BCUT2D eigenvalue weighted by molar-refractivity contribution is 5.91. The highest BCUT2D eigenvalue weighted by Crippen LogP contribution is 2.35. The van der Waals surface area contributed by atoms with Crippen LogP contribution in [-0.4, -0.2) is 49.3 Å². The molecule has 7 heteroatoms. The molecule has 35 heavy (non-hydrogen) atoms. The van der Waals surface area contributed by atoms with E-state index in [-0.39, 0.29) is 36.6 Å². The van der Waals surface area contributed by atoms with E-state index in [4.69, 9.17) is 5.53 Å². The van der Waals surface area contributed by atoms with Crippen molar-refractivity contribution in [3.05, 3.63) is 58.0 Å². The fourth-order valence-corrected chi connectivity index (χ4v) is 4.67. The minimum atomic E-state index is -0.477. The number of benzene rings is 1. The van der Waals surface area contributed by atoms with Crippen LogP contribution in [0.15, 0.2) is 47.1 Å². The summed E-state index contributed by atoms with van der Waals surface area (Å²) < 4.78 is 0. The first-order valence-corrected chi connectivity index (χ1v) is 12.4. The molecule has 1 rings (SSSR count). The Morgan fingerprint density at radius 2 is 1.71 bits per heavy atom. The summed E-state index contributed by atoms with van der Waals surface area (Å²) >= 11 is 0. The highest BCUT2D eigenvalue weighted by atomic mass is 16.2. The summed E-state index contributed by atoms with van der Waals surface area (Å²) in [7, 11) is 3.61. The molecule has 0 saturated heterocycles. The third-order valence-electron chi connectivity index (χ3n) is 6.92. The number of Topliss-reactive ketones (excluding diaryl/α,β-unsaturated/α-hetero) is 1. The van der Waals surface area contributed by atoms with Gasteiger partial charge in [-0.1, -0.05) is 95.6 Å². The molecule has 1 aromatic rings. The van der Waals surface area contributed by atoms with Gasteiger partial charge >= 0.3 is 0 Å². The number of amides is 1. The fourth-order valence-electron chi connectivity index (χ4n) is 4.67. The molecule has 0 spiro atoms. The average Bonchev–Trinajstić information content (AvgIpc) is 2.78. The van der Waals surface area contributed by atoms with E-state index in [1.807, 2.05) is 64.1 Å². The standard InChI is InChI=1S/C28H45N5O2/c1-19(2)23(16-20(3)18-31-32-29)33(10)26(35)22(27(4,5)6)17-24(34)25(30-9)28(7,8)21-14-12-11-13-15-21/h11-16,19,22-23,25,30H,17-18H2,1-10H3/b20-16+/t22-,23-,25-/m1/s1. The lowest BCUT2D eigenvalue weighted by Gasteiger charge is -2.39. The molecule has 0 saturated carbocycles. The van der Waals surface area contributed by atoms with Crippen LogP contribution in [0.2, 0.25) is 0 Å². The molecule has 1 aromatic carbocycles. The van der Waals surface area contributed by atoms with Gasteiger partial charge in [0.15, 0.2) is 5.78 Å². The largest absolute Gasteiger partial charge is 0.339 e. The van der Waals surface area contributed by atoms with Crippen molar-refractivity contribution in [2.75, 3.05) is 20.6 Å². The Kier molecular flexibility index (Phi) is 11.2. The molecule has 0 heterocycles. The Balaban J connectivity index is 3.26. The highest BCUT2D eigenvalue weighted by Gasteiger charge is 2.41. The molecule has 7 nitrogen and oxygen atoms in total. The van der Waals surface area contributed by atoms with Gasteiger partial charge in [-0.15, -0.1) is 0 Å². The number of likely N-dealkylation sites (N-methyl/N-ethyl adjacent to an activating group) is 2. The molecule has 0 aliphatic heterocycles. The fraction of sp³-hybridized carbons (Fsp3) is 0.643. The normalized spacial score (nSPS) is 15.2. The lowest BCUT2D eigenvalue weighted by atomic mass is 9.71. The van der Waals surface area contributed by atoms with E-state index in [2.05, 4.69) is 43.0 Å². The molecule has 1 N–H and O–H groups in total. The van der Waals surface area contributed by atoms with Crippen molar-refractivity contribution in [2.45, 2.75) is 79.3 Å². The van der Waals surface area contributed by atoms with Gasteiger partial charge in [-0.3, -0.25) is 9.59 Å². The van der Waals surface area contributed by atoms with Gasteiger partial charge in [0, 0.05) is 36.3 Å². The number of rotatable bonds is 12. The quantitative estimate of drug-likeness (QED) is 0.173. The molecular weight excluding hydrogens is 438 g/mol. The molecule has 0 aromatic heterocycles. The van der Waals surface area contributed by atoms with Gasteiger partial charge in [-0.25, -0.2) is 0 Å². The molecule has 194 valence electrons. The molecule has 1 amide bonds. The summed E-state index contributed by atoms with van der Waals surface area (Å²) in [5, 5.41) is 6.86. The minimum Gasteiger partial charge on any atom is -0.339 e. The van der Waals surface area contributed by atoms with Crippen LogP contribution < -0.4 is 5.32 Å². The first-order chi connectivity index (χ1) is 16.2. The van der Waals surface area contributed by atoms with E-state index < -0.39 is 22.8 Å². The number of azide groups is 1. The molecule has 0 aliphatic carbocycles. The third-order valence-corrected chi connectivity index (χ3v) is 6.92. The summed E-state index contributed by atoms with van der Waals surface area (Å²) in [6, 6.07) is 9.40. The molecule has 0 aliphatic rings. The zero-order valence-corrected chi connectivity index (χ0v) is 23.3. The van der Waals surface area contributed by atoms with Crippen molar-refractivity contribution >= 4 is 11.7 Å². The van der Waals surface area contributed by atoms with E-state index in [9.17, 15) is 9.59 Å². The first kappa shape index (κ1) is 30.4. The summed E-state index contributed by atoms with van der Waals surface area (Å²) in [5.41, 5.74) is 9.77. The number of hydrogen-bond donors (Lipinski definition) is 1. The topological polar surface area (TPSA) is 98.2 Å². The van der Waals surface area contributed by atoms with Crippen LogP contribution in [0.5, 0.6) is 0 Å². The van der Waals surface area contributed by atoms with E-state index in [1.165, 1.54) is 0 Å². The van der Waals surface area contributed by atoms with E-state index in [0.29, 0.717) is 0 Å². The minimum absolute atomic E-state index is 0.0270. The molecule has 0 fully saturated rings. The Labute approximate surface area is 212 Å². The van der Waals surface area contributed by atoms with Crippen molar-refractivity contribution in [1.82, 2.24) is 10.2 Å². The molecule has 0 radical (unpaired) electrons. The lowest BCUT2D eigenvalue weighted by Crippen LogP contribution is -2.52. The van der Waals surface area contributed by atoms with Gasteiger partial charge in [0.2, 0.25) is 5.91 Å². The molecule has 0 unspecified atom stereocenters. The number of hydrogen-bond acceptors (Lipinski definition) is 4. The Bertz CT molecular complexity index is 924. The van der Waals surface area contributed by atoms with Crippen molar-refractivity contribution < 1.29 is 9.59 Å². The number of carbonyl (C=O) groups is 2. The van der Waals surface area contributed by atoms with E-state index in [1.54, 1.807) is 19.0 Å². The van der Waals surface area contributed by atoms with Gasteiger partial charge in [0.05, 0.1) is 12.1 Å². The van der Waals surface area contributed by atoms with Gasteiger partial charge in [0.25, 0.3) is 0 Å². The second-order valence-electron chi connectivity index (χ2n) is 11.5. The maximum absolute atomic E-state index is 13.8. The lowest BCUT2D eigenvalue weighted by molar-refractivity contribution is -0.143. The number of nitrogens with zero attached hydrogens (tertiary/aromatic N) is 4. The number of carbonyl (C=O) groups excluding carboxylic acids is 2. The third kappa shape index (κ3) is 8.22. The average molecular weight is 484 g/mol. The number of ketones is 1. The molecule has 0 bridgehead atoms.